The highest BCUT2D eigenvalue weighted by Crippen LogP contribution is 1.57. The van der Waals surface area contributed by atoms with E-state index in [9.17, 15) is 9.59 Å². The highest BCUT2D eigenvalue weighted by molar-refractivity contribution is 6.34. The number of hydrazine groups is 1. The molecule has 0 aliphatic heterocycles. The summed E-state index contributed by atoms with van der Waals surface area (Å²) in [5.41, 5.74) is 2.59. The topological polar surface area (TPSA) is 104 Å². The number of nitrogens with one attached hydrogen (secondary N) is 2. The van der Waals surface area contributed by atoms with Crippen molar-refractivity contribution in [3.05, 3.63) is 0 Å². The number of amides is 2. The summed E-state index contributed by atoms with van der Waals surface area (Å²) >= 11 is 0. The van der Waals surface area contributed by atoms with Crippen LogP contribution in [0.25, 0.3) is 0 Å². The lowest BCUT2D eigenvalue weighted by Gasteiger charge is -1.92. The Balaban J connectivity index is 3.64. The molecule has 2 amide bonds. The summed E-state index contributed by atoms with van der Waals surface area (Å²) in [6.07, 6.45) is 0. The van der Waals surface area contributed by atoms with Gasteiger partial charge in [0, 0.05) is 0 Å². The fourth-order valence-corrected chi connectivity index (χ4v) is 0.116. The second kappa shape index (κ2) is 2.94. The van der Waals surface area contributed by atoms with E-state index in [1.165, 1.54) is 5.43 Å². The quantitative estimate of drug-likeness (QED) is 0.0928. The van der Waals surface area contributed by atoms with E-state index in [2.05, 4.69) is 5.84 Å². The molecule has 0 aromatic heterocycles. The number of hydroxylamine groups is 1. The van der Waals surface area contributed by atoms with Gasteiger partial charge in [-0.25, -0.2) is 11.3 Å². The van der Waals surface area contributed by atoms with Crippen molar-refractivity contribution >= 4 is 11.8 Å². The molecule has 0 aliphatic rings. The SMILES string of the molecule is NNC(=O)C(=O)NO. The van der Waals surface area contributed by atoms with Gasteiger partial charge < -0.3 is 0 Å². The van der Waals surface area contributed by atoms with Crippen LogP contribution in [0.4, 0.5) is 0 Å². The predicted molar refractivity (Wildman–Crippen MR) is 22.3 cm³/mol. The molecule has 0 aliphatic carbocycles. The van der Waals surface area contributed by atoms with E-state index in [1.807, 2.05) is 0 Å². The van der Waals surface area contributed by atoms with Gasteiger partial charge in [-0.3, -0.25) is 20.2 Å². The molecule has 0 bridgehead atoms. The second-order valence-corrected chi connectivity index (χ2v) is 0.914. The number of hydrogen-bond acceptors (Lipinski definition) is 4. The maximum absolute atomic E-state index is 9.93. The van der Waals surface area contributed by atoms with E-state index >= 15 is 0 Å². The first-order valence-electron chi connectivity index (χ1n) is 1.67. The molecule has 0 unspecified atom stereocenters. The van der Waals surface area contributed by atoms with Gasteiger partial charge in [0.25, 0.3) is 0 Å². The van der Waals surface area contributed by atoms with Gasteiger partial charge in [-0.2, -0.15) is 0 Å². The molecule has 6 heteroatoms. The summed E-state index contributed by atoms with van der Waals surface area (Å²) in [7, 11) is 0. The fourth-order valence-electron chi connectivity index (χ4n) is 0.116. The van der Waals surface area contributed by atoms with E-state index in [0.29, 0.717) is 0 Å². The molecule has 46 valence electrons. The van der Waals surface area contributed by atoms with Gasteiger partial charge in [0.2, 0.25) is 0 Å². The van der Waals surface area contributed by atoms with Crippen LogP contribution in [0, 0.1) is 0 Å². The van der Waals surface area contributed by atoms with Crippen LogP contribution in [0.2, 0.25) is 0 Å². The Kier molecular flexibility index (Phi) is 2.52. The van der Waals surface area contributed by atoms with Crippen molar-refractivity contribution in [2.75, 3.05) is 0 Å². The first kappa shape index (κ1) is 6.86. The Labute approximate surface area is 44.6 Å². The maximum Gasteiger partial charge on any atom is 0.333 e. The molecule has 0 aromatic rings. The number of hydrogen-bond donors (Lipinski definition) is 4. The highest BCUT2D eigenvalue weighted by Gasteiger charge is 2.07. The average Bonchev–Trinajstić information content (AvgIpc) is 1.84. The number of nitrogens with two attached hydrogens (primary N) is 1. The molecule has 0 fully saturated rings. The second-order valence-electron chi connectivity index (χ2n) is 0.914. The van der Waals surface area contributed by atoms with E-state index in [1.54, 1.807) is 0 Å². The third-order valence-corrected chi connectivity index (χ3v) is 0.439. The van der Waals surface area contributed by atoms with Crippen LogP contribution in [0.15, 0.2) is 0 Å². The molecule has 0 radical (unpaired) electrons. The Morgan fingerprint density at radius 2 is 1.88 bits per heavy atom. The van der Waals surface area contributed by atoms with Crippen molar-refractivity contribution in [3.8, 4) is 0 Å². The number of rotatable bonds is 0. The molecule has 0 aromatic carbocycles. The maximum atomic E-state index is 9.93. The monoisotopic (exact) mass is 119 g/mol. The van der Waals surface area contributed by atoms with Crippen molar-refractivity contribution in [3.63, 3.8) is 0 Å². The molecule has 0 atom stereocenters. The summed E-state index contributed by atoms with van der Waals surface area (Å²) in [6.45, 7) is 0. The van der Waals surface area contributed by atoms with Crippen molar-refractivity contribution < 1.29 is 14.8 Å². The standard InChI is InChI=1S/C2H5N3O3/c3-4-1(6)2(7)5-8/h8H,3H2,(H,4,6)(H,5,7). The van der Waals surface area contributed by atoms with Gasteiger partial charge in [-0.15, -0.1) is 0 Å². The minimum absolute atomic E-state index is 1.08. The van der Waals surface area contributed by atoms with E-state index in [-0.39, 0.29) is 0 Å². The van der Waals surface area contributed by atoms with Gasteiger partial charge in [-0.1, -0.05) is 0 Å². The molecule has 0 spiro atoms. The van der Waals surface area contributed by atoms with Crippen molar-refractivity contribution in [1.29, 1.82) is 0 Å². The van der Waals surface area contributed by atoms with Gasteiger partial charge in [0.1, 0.15) is 0 Å². The molecule has 5 N–H and O–H groups in total. The molecule has 0 rings (SSSR count). The lowest BCUT2D eigenvalue weighted by Crippen LogP contribution is -2.41. The van der Waals surface area contributed by atoms with Crippen LogP contribution in [-0.2, 0) is 9.59 Å². The molecule has 0 heterocycles. The summed E-state index contributed by atoms with van der Waals surface area (Å²) in [4.78, 5) is 19.8. The third kappa shape index (κ3) is 1.54. The lowest BCUT2D eigenvalue weighted by atomic mass is 10.6. The predicted octanol–water partition coefficient (Wildman–Crippen LogP) is -2.52. The van der Waals surface area contributed by atoms with E-state index < -0.39 is 11.8 Å². The summed E-state index contributed by atoms with van der Waals surface area (Å²) in [5.74, 6) is 2.20. The molecule has 0 saturated heterocycles. The van der Waals surface area contributed by atoms with Crippen molar-refractivity contribution in [2.45, 2.75) is 0 Å². The van der Waals surface area contributed by atoms with E-state index in [0.717, 1.165) is 5.48 Å². The van der Waals surface area contributed by atoms with Crippen LogP contribution in [0.5, 0.6) is 0 Å². The zero-order valence-electron chi connectivity index (χ0n) is 3.84. The first-order chi connectivity index (χ1) is 3.72. The minimum atomic E-state index is -1.19. The summed E-state index contributed by atoms with van der Waals surface area (Å²) < 4.78 is 0. The number of carbonyl (C=O) groups is 2. The van der Waals surface area contributed by atoms with Gasteiger partial charge >= 0.3 is 11.8 Å². The third-order valence-electron chi connectivity index (χ3n) is 0.439. The van der Waals surface area contributed by atoms with E-state index in [4.69, 9.17) is 5.21 Å². The van der Waals surface area contributed by atoms with Crippen LogP contribution < -0.4 is 16.7 Å². The Bertz CT molecular complexity index is 97.1. The minimum Gasteiger partial charge on any atom is -0.288 e. The smallest absolute Gasteiger partial charge is 0.288 e. The fraction of sp³-hybridized carbons (Fsp3) is 0. The lowest BCUT2D eigenvalue weighted by molar-refractivity contribution is -0.144. The zero-order chi connectivity index (χ0) is 6.57. The summed E-state index contributed by atoms with van der Waals surface area (Å²) in [6, 6.07) is 0. The Morgan fingerprint density at radius 1 is 1.38 bits per heavy atom. The molecule has 8 heavy (non-hydrogen) atoms. The molecular formula is C2H5N3O3. The first-order valence-corrected chi connectivity index (χ1v) is 1.67. The van der Waals surface area contributed by atoms with Crippen molar-refractivity contribution in [1.82, 2.24) is 10.9 Å². The van der Waals surface area contributed by atoms with Crippen LogP contribution in [0.3, 0.4) is 0 Å². The Hall–Kier alpha value is -1.14. The van der Waals surface area contributed by atoms with Gasteiger partial charge in [-0.05, 0) is 0 Å². The van der Waals surface area contributed by atoms with Crippen LogP contribution >= 0.6 is 0 Å². The molecule has 6 nitrogen and oxygen atoms in total. The highest BCUT2D eigenvalue weighted by atomic mass is 16.5. The van der Waals surface area contributed by atoms with Gasteiger partial charge in [0.05, 0.1) is 0 Å². The summed E-state index contributed by atoms with van der Waals surface area (Å²) in [5, 5.41) is 7.72. The zero-order valence-corrected chi connectivity index (χ0v) is 3.84. The average molecular weight is 119 g/mol. The van der Waals surface area contributed by atoms with Gasteiger partial charge in [0.15, 0.2) is 0 Å². The largest absolute Gasteiger partial charge is 0.333 e. The molecule has 0 saturated carbocycles. The molecular weight excluding hydrogens is 114 g/mol. The van der Waals surface area contributed by atoms with Crippen LogP contribution in [0.1, 0.15) is 0 Å². The Morgan fingerprint density at radius 3 is 2.00 bits per heavy atom. The number of carbonyl (C=O) groups excluding carboxylic acids is 2. The van der Waals surface area contributed by atoms with Crippen LogP contribution in [-0.4, -0.2) is 17.0 Å². The van der Waals surface area contributed by atoms with Crippen molar-refractivity contribution in [2.24, 2.45) is 5.84 Å². The normalized spacial score (nSPS) is 7.75.